The van der Waals surface area contributed by atoms with Crippen molar-refractivity contribution in [3.8, 4) is 0 Å². The molecule has 0 heterocycles. The Morgan fingerprint density at radius 1 is 1.36 bits per heavy atom. The second kappa shape index (κ2) is 3.25. The van der Waals surface area contributed by atoms with Gasteiger partial charge in [-0.25, -0.2) is 0 Å². The molecule has 1 aliphatic rings. The van der Waals surface area contributed by atoms with Crippen LogP contribution in [0.1, 0.15) is 40.0 Å². The summed E-state index contributed by atoms with van der Waals surface area (Å²) < 4.78 is 0. The van der Waals surface area contributed by atoms with Crippen molar-refractivity contribution >= 4 is 0 Å². The van der Waals surface area contributed by atoms with Crippen LogP contribution in [0.3, 0.4) is 0 Å². The fourth-order valence-corrected chi connectivity index (χ4v) is 1.67. The molecule has 0 aromatic carbocycles. The lowest BCUT2D eigenvalue weighted by atomic mass is 9.82. The summed E-state index contributed by atoms with van der Waals surface area (Å²) in [6.07, 6.45) is 3.85. The number of rotatable bonds is 1. The van der Waals surface area contributed by atoms with E-state index in [1.54, 1.807) is 11.1 Å². The van der Waals surface area contributed by atoms with Gasteiger partial charge in [0.05, 0.1) is 0 Å². The van der Waals surface area contributed by atoms with Gasteiger partial charge in [0.2, 0.25) is 0 Å². The van der Waals surface area contributed by atoms with Crippen LogP contribution in [0.4, 0.5) is 0 Å². The van der Waals surface area contributed by atoms with Gasteiger partial charge in [-0.1, -0.05) is 23.3 Å². The summed E-state index contributed by atoms with van der Waals surface area (Å²) in [5.41, 5.74) is 4.55. The van der Waals surface area contributed by atoms with Crippen molar-refractivity contribution in [3.05, 3.63) is 23.3 Å². The maximum Gasteiger partial charge on any atom is -0.0168 e. The van der Waals surface area contributed by atoms with Crippen molar-refractivity contribution in [2.45, 2.75) is 40.0 Å². The maximum absolute atomic E-state index is 4.02. The maximum atomic E-state index is 4.02. The number of allylic oxidation sites excluding steroid dienone is 3. The van der Waals surface area contributed by atoms with E-state index in [0.29, 0.717) is 0 Å². The van der Waals surface area contributed by atoms with Crippen molar-refractivity contribution in [2.75, 3.05) is 0 Å². The van der Waals surface area contributed by atoms with Crippen LogP contribution >= 0.6 is 0 Å². The molecular formula is C11H18. The molecule has 0 aromatic rings. The second-order valence-electron chi connectivity index (χ2n) is 3.85. The van der Waals surface area contributed by atoms with Gasteiger partial charge < -0.3 is 0 Å². The summed E-state index contributed by atoms with van der Waals surface area (Å²) in [6, 6.07) is 0. The van der Waals surface area contributed by atoms with Gasteiger partial charge in [-0.2, -0.15) is 0 Å². The topological polar surface area (TPSA) is 0 Å². The quantitative estimate of drug-likeness (QED) is 0.500. The standard InChI is InChI=1S/C11H18/c1-8(2)11-6-5-9(3)10(4)7-11/h11H,1,5-7H2,2-4H3/t11-/m0/s1. The van der Waals surface area contributed by atoms with Gasteiger partial charge in [0, 0.05) is 0 Å². The van der Waals surface area contributed by atoms with Crippen LogP contribution in [0.15, 0.2) is 23.3 Å². The van der Waals surface area contributed by atoms with Gasteiger partial charge in [-0.15, -0.1) is 0 Å². The molecule has 0 saturated carbocycles. The van der Waals surface area contributed by atoms with E-state index in [1.807, 2.05) is 0 Å². The zero-order valence-corrected chi connectivity index (χ0v) is 7.91. The molecular weight excluding hydrogens is 132 g/mol. The summed E-state index contributed by atoms with van der Waals surface area (Å²) >= 11 is 0. The van der Waals surface area contributed by atoms with Crippen molar-refractivity contribution < 1.29 is 0 Å². The molecule has 1 rings (SSSR count). The molecule has 62 valence electrons. The third-order valence-corrected chi connectivity index (χ3v) is 2.85. The molecule has 0 spiro atoms. The summed E-state index contributed by atoms with van der Waals surface area (Å²) in [4.78, 5) is 0. The highest BCUT2D eigenvalue weighted by molar-refractivity contribution is 5.17. The first-order valence-electron chi connectivity index (χ1n) is 4.42. The van der Waals surface area contributed by atoms with Crippen LogP contribution in [0.2, 0.25) is 0 Å². The number of hydrogen-bond acceptors (Lipinski definition) is 0. The molecule has 0 unspecified atom stereocenters. The van der Waals surface area contributed by atoms with E-state index in [2.05, 4.69) is 27.4 Å². The Morgan fingerprint density at radius 3 is 2.45 bits per heavy atom. The first-order chi connectivity index (χ1) is 5.11. The molecule has 0 heteroatoms. The lowest BCUT2D eigenvalue weighted by molar-refractivity contribution is 0.521. The van der Waals surface area contributed by atoms with Crippen molar-refractivity contribution in [1.29, 1.82) is 0 Å². The average molecular weight is 150 g/mol. The lowest BCUT2D eigenvalue weighted by Crippen LogP contribution is -2.08. The molecule has 0 bridgehead atoms. The van der Waals surface area contributed by atoms with Crippen LogP contribution in [0, 0.1) is 5.92 Å². The fourth-order valence-electron chi connectivity index (χ4n) is 1.67. The molecule has 0 aromatic heterocycles. The Morgan fingerprint density at radius 2 is 2.00 bits per heavy atom. The first kappa shape index (κ1) is 8.58. The molecule has 0 fully saturated rings. The Balaban J connectivity index is 2.64. The molecule has 0 radical (unpaired) electrons. The summed E-state index contributed by atoms with van der Waals surface area (Å²) in [5.74, 6) is 0.763. The van der Waals surface area contributed by atoms with Crippen molar-refractivity contribution in [1.82, 2.24) is 0 Å². The molecule has 1 atom stereocenters. The first-order valence-corrected chi connectivity index (χ1v) is 4.42. The largest absolute Gasteiger partial charge is 0.0998 e. The molecule has 0 amide bonds. The minimum absolute atomic E-state index is 0.763. The minimum Gasteiger partial charge on any atom is -0.0998 e. The highest BCUT2D eigenvalue weighted by Crippen LogP contribution is 2.32. The van der Waals surface area contributed by atoms with E-state index in [1.165, 1.54) is 24.8 Å². The summed E-state index contributed by atoms with van der Waals surface area (Å²) in [7, 11) is 0. The SMILES string of the molecule is C=C(C)[C@H]1CCC(C)=C(C)C1. The van der Waals surface area contributed by atoms with Crippen LogP contribution < -0.4 is 0 Å². The molecule has 1 aliphatic carbocycles. The van der Waals surface area contributed by atoms with Crippen molar-refractivity contribution in [3.63, 3.8) is 0 Å². The molecule has 0 aliphatic heterocycles. The summed E-state index contributed by atoms with van der Waals surface area (Å²) in [6.45, 7) is 10.7. The van der Waals surface area contributed by atoms with E-state index in [0.717, 1.165) is 5.92 Å². The average Bonchev–Trinajstić information content (AvgIpc) is 1.94. The highest BCUT2D eigenvalue weighted by Gasteiger charge is 2.16. The zero-order chi connectivity index (χ0) is 8.43. The molecule has 0 saturated heterocycles. The van der Waals surface area contributed by atoms with E-state index in [-0.39, 0.29) is 0 Å². The predicted octanol–water partition coefficient (Wildman–Crippen LogP) is 3.70. The van der Waals surface area contributed by atoms with Crippen LogP contribution in [-0.2, 0) is 0 Å². The normalized spacial score (nSPS) is 25.5. The van der Waals surface area contributed by atoms with Gasteiger partial charge in [0.15, 0.2) is 0 Å². The van der Waals surface area contributed by atoms with Crippen LogP contribution in [0.25, 0.3) is 0 Å². The predicted molar refractivity (Wildman–Crippen MR) is 50.5 cm³/mol. The molecule has 0 N–H and O–H groups in total. The van der Waals surface area contributed by atoms with E-state index >= 15 is 0 Å². The van der Waals surface area contributed by atoms with E-state index in [9.17, 15) is 0 Å². The Kier molecular flexibility index (Phi) is 2.53. The van der Waals surface area contributed by atoms with Gasteiger partial charge >= 0.3 is 0 Å². The van der Waals surface area contributed by atoms with Gasteiger partial charge in [-0.05, 0) is 46.0 Å². The zero-order valence-electron chi connectivity index (χ0n) is 7.91. The highest BCUT2D eigenvalue weighted by atomic mass is 14.2. The van der Waals surface area contributed by atoms with Gasteiger partial charge in [0.25, 0.3) is 0 Å². The Labute approximate surface area is 70.0 Å². The number of hydrogen-bond donors (Lipinski definition) is 0. The lowest BCUT2D eigenvalue weighted by Gasteiger charge is -2.24. The minimum atomic E-state index is 0.763. The van der Waals surface area contributed by atoms with Crippen molar-refractivity contribution in [2.24, 2.45) is 5.92 Å². The molecule has 11 heavy (non-hydrogen) atoms. The van der Waals surface area contributed by atoms with E-state index in [4.69, 9.17) is 0 Å². The fraction of sp³-hybridized carbons (Fsp3) is 0.636. The monoisotopic (exact) mass is 150 g/mol. The third-order valence-electron chi connectivity index (χ3n) is 2.85. The third kappa shape index (κ3) is 1.95. The Bertz CT molecular complexity index is 196. The Hall–Kier alpha value is -0.520. The van der Waals surface area contributed by atoms with Crippen LogP contribution in [-0.4, -0.2) is 0 Å². The second-order valence-corrected chi connectivity index (χ2v) is 3.85. The van der Waals surface area contributed by atoms with Gasteiger partial charge in [-0.3, -0.25) is 0 Å². The van der Waals surface area contributed by atoms with Gasteiger partial charge in [0.1, 0.15) is 0 Å². The van der Waals surface area contributed by atoms with E-state index < -0.39 is 0 Å². The van der Waals surface area contributed by atoms with Crippen LogP contribution in [0.5, 0.6) is 0 Å². The molecule has 0 nitrogen and oxygen atoms in total. The summed E-state index contributed by atoms with van der Waals surface area (Å²) in [5, 5.41) is 0. The smallest absolute Gasteiger partial charge is 0.0168 e.